The largest absolute Gasteiger partial charge is 0.353 e. The van der Waals surface area contributed by atoms with Gasteiger partial charge in [-0.05, 0) is 12.8 Å². The Morgan fingerprint density at radius 3 is 2.94 bits per heavy atom. The van der Waals surface area contributed by atoms with E-state index < -0.39 is 0 Å². The number of H-pyrrole nitrogens is 1. The maximum Gasteiger partial charge on any atom is 0.207 e. The normalized spacial score (nSPS) is 17.2. The molecule has 5 heteroatoms. The lowest BCUT2D eigenvalue weighted by atomic mass is 9.96. The summed E-state index contributed by atoms with van der Waals surface area (Å²) in [6.45, 7) is 0. The minimum absolute atomic E-state index is 0.566. The van der Waals surface area contributed by atoms with Gasteiger partial charge in [0.25, 0.3) is 0 Å². The van der Waals surface area contributed by atoms with E-state index in [0.717, 1.165) is 11.6 Å². The van der Waals surface area contributed by atoms with E-state index in [4.69, 9.17) is 0 Å². The van der Waals surface area contributed by atoms with Crippen molar-refractivity contribution in [2.24, 2.45) is 0 Å². The average Bonchev–Trinajstić information content (AvgIpc) is 3.00. The molecule has 0 spiro atoms. The lowest BCUT2D eigenvalue weighted by Crippen LogP contribution is -2.24. The van der Waals surface area contributed by atoms with Crippen molar-refractivity contribution in [2.75, 3.05) is 5.32 Å². The van der Waals surface area contributed by atoms with Crippen LogP contribution in [0.5, 0.6) is 0 Å². The van der Waals surface area contributed by atoms with Gasteiger partial charge in [0.2, 0.25) is 5.95 Å². The van der Waals surface area contributed by atoms with Gasteiger partial charge in [0, 0.05) is 24.6 Å². The Morgan fingerprint density at radius 2 is 2.18 bits per heavy atom. The van der Waals surface area contributed by atoms with Crippen molar-refractivity contribution in [3.63, 3.8) is 0 Å². The molecule has 2 N–H and O–H groups in total. The maximum atomic E-state index is 4.38. The molecule has 1 saturated carbocycles. The lowest BCUT2D eigenvalue weighted by molar-refractivity contribution is 0.460. The van der Waals surface area contributed by atoms with E-state index in [1.807, 2.05) is 23.2 Å². The monoisotopic (exact) mass is 231 g/mol. The average molecular weight is 231 g/mol. The Kier molecular flexibility index (Phi) is 2.81. The smallest absolute Gasteiger partial charge is 0.207 e. The Balaban J connectivity index is 1.77. The topological polar surface area (TPSA) is 58.5 Å². The third-order valence-electron chi connectivity index (χ3n) is 3.34. The molecular formula is C12H17N5. The SMILES string of the molecule is c1cn(-c2cn[nH]c2)c(NC2CCCCC2)n1. The molecule has 0 radical (unpaired) electrons. The molecule has 1 aliphatic rings. The summed E-state index contributed by atoms with van der Waals surface area (Å²) in [6.07, 6.45) is 14.0. The van der Waals surface area contributed by atoms with E-state index in [1.54, 1.807) is 6.20 Å². The van der Waals surface area contributed by atoms with Crippen LogP contribution in [-0.4, -0.2) is 25.8 Å². The van der Waals surface area contributed by atoms with Crippen LogP contribution in [0.4, 0.5) is 5.95 Å². The fraction of sp³-hybridized carbons (Fsp3) is 0.500. The summed E-state index contributed by atoms with van der Waals surface area (Å²) in [5, 5.41) is 10.3. The zero-order chi connectivity index (χ0) is 11.5. The molecule has 0 bridgehead atoms. The number of aromatic amines is 1. The fourth-order valence-corrected chi connectivity index (χ4v) is 2.42. The number of nitrogens with zero attached hydrogens (tertiary/aromatic N) is 3. The minimum atomic E-state index is 0.566. The highest BCUT2D eigenvalue weighted by atomic mass is 15.2. The van der Waals surface area contributed by atoms with Gasteiger partial charge in [-0.3, -0.25) is 9.67 Å². The summed E-state index contributed by atoms with van der Waals surface area (Å²) in [7, 11) is 0. The molecular weight excluding hydrogens is 214 g/mol. The highest BCUT2D eigenvalue weighted by Gasteiger charge is 2.15. The molecule has 3 rings (SSSR count). The van der Waals surface area contributed by atoms with Crippen LogP contribution < -0.4 is 5.32 Å². The molecule has 2 aromatic heterocycles. The first-order valence-corrected chi connectivity index (χ1v) is 6.22. The summed E-state index contributed by atoms with van der Waals surface area (Å²) in [5.41, 5.74) is 1.01. The summed E-state index contributed by atoms with van der Waals surface area (Å²) in [5.74, 6) is 0.915. The first kappa shape index (κ1) is 10.4. The number of aromatic nitrogens is 4. The third kappa shape index (κ3) is 2.18. The van der Waals surface area contributed by atoms with Gasteiger partial charge in [-0.1, -0.05) is 19.3 Å². The molecule has 0 unspecified atom stereocenters. The van der Waals surface area contributed by atoms with Gasteiger partial charge in [-0.2, -0.15) is 5.10 Å². The molecule has 1 fully saturated rings. The van der Waals surface area contributed by atoms with Crippen LogP contribution in [0.2, 0.25) is 0 Å². The quantitative estimate of drug-likeness (QED) is 0.852. The van der Waals surface area contributed by atoms with Crippen molar-refractivity contribution in [3.8, 4) is 5.69 Å². The van der Waals surface area contributed by atoms with Crippen LogP contribution >= 0.6 is 0 Å². The molecule has 0 amide bonds. The van der Waals surface area contributed by atoms with E-state index in [2.05, 4.69) is 20.5 Å². The standard InChI is InChI=1S/C12H17N5/c1-2-4-10(5-3-1)16-12-13-6-7-17(12)11-8-14-15-9-11/h6-10H,1-5H2,(H,13,16)(H,14,15). The number of anilines is 1. The van der Waals surface area contributed by atoms with Gasteiger partial charge < -0.3 is 5.32 Å². The molecule has 0 saturated heterocycles. The Hall–Kier alpha value is -1.78. The zero-order valence-corrected chi connectivity index (χ0v) is 9.76. The Labute approximate surface area is 100 Å². The number of imidazole rings is 1. The van der Waals surface area contributed by atoms with Crippen LogP contribution in [0.1, 0.15) is 32.1 Å². The van der Waals surface area contributed by atoms with Crippen molar-refractivity contribution < 1.29 is 0 Å². The number of rotatable bonds is 3. The lowest BCUT2D eigenvalue weighted by Gasteiger charge is -2.23. The first-order chi connectivity index (χ1) is 8.43. The second-order valence-corrected chi connectivity index (χ2v) is 4.56. The molecule has 2 heterocycles. The highest BCUT2D eigenvalue weighted by Crippen LogP contribution is 2.22. The second kappa shape index (κ2) is 4.61. The van der Waals surface area contributed by atoms with Crippen LogP contribution in [0.3, 0.4) is 0 Å². The van der Waals surface area contributed by atoms with E-state index in [-0.39, 0.29) is 0 Å². The van der Waals surface area contributed by atoms with Crippen LogP contribution in [0, 0.1) is 0 Å². The summed E-state index contributed by atoms with van der Waals surface area (Å²) in [4.78, 5) is 4.38. The summed E-state index contributed by atoms with van der Waals surface area (Å²) >= 11 is 0. The number of hydrogen-bond donors (Lipinski definition) is 2. The van der Waals surface area contributed by atoms with Crippen molar-refractivity contribution in [2.45, 2.75) is 38.1 Å². The van der Waals surface area contributed by atoms with Gasteiger partial charge >= 0.3 is 0 Å². The summed E-state index contributed by atoms with van der Waals surface area (Å²) < 4.78 is 2.03. The van der Waals surface area contributed by atoms with Crippen molar-refractivity contribution in [1.82, 2.24) is 19.7 Å². The van der Waals surface area contributed by atoms with Crippen molar-refractivity contribution in [1.29, 1.82) is 0 Å². The van der Waals surface area contributed by atoms with Crippen LogP contribution in [0.25, 0.3) is 5.69 Å². The van der Waals surface area contributed by atoms with E-state index >= 15 is 0 Å². The van der Waals surface area contributed by atoms with Gasteiger partial charge in [0.15, 0.2) is 0 Å². The van der Waals surface area contributed by atoms with Crippen LogP contribution in [0.15, 0.2) is 24.8 Å². The third-order valence-corrected chi connectivity index (χ3v) is 3.34. The minimum Gasteiger partial charge on any atom is -0.353 e. The van der Waals surface area contributed by atoms with E-state index in [9.17, 15) is 0 Å². The first-order valence-electron chi connectivity index (χ1n) is 6.22. The predicted molar refractivity (Wildman–Crippen MR) is 66.2 cm³/mol. The molecule has 0 atom stereocenters. The van der Waals surface area contributed by atoms with Gasteiger partial charge in [0.1, 0.15) is 0 Å². The Bertz CT molecular complexity index is 453. The molecule has 1 aliphatic carbocycles. The van der Waals surface area contributed by atoms with Crippen molar-refractivity contribution in [3.05, 3.63) is 24.8 Å². The van der Waals surface area contributed by atoms with Crippen molar-refractivity contribution >= 4 is 5.95 Å². The summed E-state index contributed by atoms with van der Waals surface area (Å²) in [6, 6.07) is 0.566. The molecule has 90 valence electrons. The van der Waals surface area contributed by atoms with Gasteiger partial charge in [-0.25, -0.2) is 4.98 Å². The highest BCUT2D eigenvalue weighted by molar-refractivity contribution is 5.39. The van der Waals surface area contributed by atoms with Gasteiger partial charge in [-0.15, -0.1) is 0 Å². The van der Waals surface area contributed by atoms with E-state index in [0.29, 0.717) is 6.04 Å². The molecule has 0 aliphatic heterocycles. The van der Waals surface area contributed by atoms with Gasteiger partial charge in [0.05, 0.1) is 11.9 Å². The predicted octanol–water partition coefficient (Wildman–Crippen LogP) is 2.34. The second-order valence-electron chi connectivity index (χ2n) is 4.56. The Morgan fingerprint density at radius 1 is 1.29 bits per heavy atom. The van der Waals surface area contributed by atoms with Crippen LogP contribution in [-0.2, 0) is 0 Å². The molecule has 2 aromatic rings. The molecule has 0 aromatic carbocycles. The van der Waals surface area contributed by atoms with E-state index in [1.165, 1.54) is 32.1 Å². The number of hydrogen-bond acceptors (Lipinski definition) is 3. The zero-order valence-electron chi connectivity index (χ0n) is 9.76. The number of nitrogens with one attached hydrogen (secondary N) is 2. The fourth-order valence-electron chi connectivity index (χ4n) is 2.42. The maximum absolute atomic E-state index is 4.38. The molecule has 17 heavy (non-hydrogen) atoms. The molecule has 5 nitrogen and oxygen atoms in total.